The zero-order valence-corrected chi connectivity index (χ0v) is 16.1. The molecule has 9 heteroatoms. The van der Waals surface area contributed by atoms with Gasteiger partial charge in [-0.3, -0.25) is 4.98 Å². The van der Waals surface area contributed by atoms with Gasteiger partial charge in [0.1, 0.15) is 5.82 Å². The van der Waals surface area contributed by atoms with Crippen molar-refractivity contribution in [3.8, 4) is 0 Å². The molecule has 3 aromatic rings. The number of hydrogen-bond acceptors (Lipinski definition) is 4. The van der Waals surface area contributed by atoms with Gasteiger partial charge in [0, 0.05) is 31.2 Å². The summed E-state index contributed by atoms with van der Waals surface area (Å²) in [6.07, 6.45) is 3.30. The molecule has 29 heavy (non-hydrogen) atoms. The smallest absolute Gasteiger partial charge is 0.319 e. The standard InChI is InChI=1S/C20H19FN4O3S/c21-17-5-3-15(4-6-17)14-24-29(27,28)19-9-7-18(8-10-19)25-20(26)23-13-16-2-1-11-22-12-16/h1-12,24H,13-14H2,(H2,23,25,26). The highest BCUT2D eigenvalue weighted by Gasteiger charge is 2.14. The predicted octanol–water partition coefficient (Wildman–Crippen LogP) is 3.02. The number of nitrogens with one attached hydrogen (secondary N) is 3. The van der Waals surface area contributed by atoms with E-state index in [1.54, 1.807) is 18.5 Å². The lowest BCUT2D eigenvalue weighted by molar-refractivity contribution is 0.251. The Morgan fingerprint density at radius 3 is 2.31 bits per heavy atom. The Morgan fingerprint density at radius 2 is 1.66 bits per heavy atom. The minimum Gasteiger partial charge on any atom is -0.334 e. The third-order valence-electron chi connectivity index (χ3n) is 3.98. The highest BCUT2D eigenvalue weighted by Crippen LogP contribution is 2.14. The summed E-state index contributed by atoms with van der Waals surface area (Å²) < 4.78 is 40.1. The van der Waals surface area contributed by atoms with Crippen molar-refractivity contribution in [2.24, 2.45) is 0 Å². The monoisotopic (exact) mass is 414 g/mol. The predicted molar refractivity (Wildman–Crippen MR) is 107 cm³/mol. The van der Waals surface area contributed by atoms with E-state index in [9.17, 15) is 17.6 Å². The number of aromatic nitrogens is 1. The topological polar surface area (TPSA) is 100 Å². The zero-order valence-electron chi connectivity index (χ0n) is 15.3. The molecule has 0 spiro atoms. The third-order valence-corrected chi connectivity index (χ3v) is 5.40. The molecule has 0 aliphatic rings. The van der Waals surface area contributed by atoms with Crippen LogP contribution >= 0.6 is 0 Å². The molecule has 150 valence electrons. The van der Waals surface area contributed by atoms with Crippen LogP contribution in [0.3, 0.4) is 0 Å². The molecule has 1 aromatic heterocycles. The molecule has 1 heterocycles. The Balaban J connectivity index is 1.54. The van der Waals surface area contributed by atoms with Gasteiger partial charge in [-0.15, -0.1) is 0 Å². The second kappa shape index (κ2) is 9.26. The fourth-order valence-electron chi connectivity index (χ4n) is 2.44. The number of pyridine rings is 1. The zero-order chi connectivity index (χ0) is 20.7. The van der Waals surface area contributed by atoms with Crippen molar-refractivity contribution in [1.82, 2.24) is 15.0 Å². The fourth-order valence-corrected chi connectivity index (χ4v) is 3.46. The van der Waals surface area contributed by atoms with Crippen molar-refractivity contribution in [3.05, 3.63) is 90.0 Å². The van der Waals surface area contributed by atoms with Gasteiger partial charge in [-0.1, -0.05) is 18.2 Å². The summed E-state index contributed by atoms with van der Waals surface area (Å²) in [5.41, 5.74) is 1.95. The van der Waals surface area contributed by atoms with Crippen LogP contribution in [0.4, 0.5) is 14.9 Å². The number of sulfonamides is 1. The summed E-state index contributed by atoms with van der Waals surface area (Å²) in [7, 11) is -3.74. The first-order chi connectivity index (χ1) is 13.9. The van der Waals surface area contributed by atoms with Crippen molar-refractivity contribution in [1.29, 1.82) is 0 Å². The molecule has 0 aliphatic heterocycles. The maximum absolute atomic E-state index is 12.9. The first kappa shape index (κ1) is 20.4. The van der Waals surface area contributed by atoms with Crippen LogP contribution in [-0.2, 0) is 23.1 Å². The van der Waals surface area contributed by atoms with E-state index in [1.165, 1.54) is 48.5 Å². The largest absolute Gasteiger partial charge is 0.334 e. The Hall–Kier alpha value is -3.30. The second-order valence-electron chi connectivity index (χ2n) is 6.14. The highest BCUT2D eigenvalue weighted by molar-refractivity contribution is 7.89. The maximum Gasteiger partial charge on any atom is 0.319 e. The molecule has 2 amide bonds. The molecule has 0 radical (unpaired) electrons. The number of nitrogens with zero attached hydrogens (tertiary/aromatic N) is 1. The Labute approximate surface area is 168 Å². The van der Waals surface area contributed by atoms with Gasteiger partial charge < -0.3 is 10.6 Å². The molecule has 2 aromatic carbocycles. The molecule has 0 saturated carbocycles. The van der Waals surface area contributed by atoms with Gasteiger partial charge in [-0.25, -0.2) is 22.3 Å². The number of carbonyl (C=O) groups excluding carboxylic acids is 1. The van der Waals surface area contributed by atoms with Gasteiger partial charge in [0.25, 0.3) is 0 Å². The molecule has 0 bridgehead atoms. The quantitative estimate of drug-likeness (QED) is 0.553. The van der Waals surface area contributed by atoms with Crippen molar-refractivity contribution in [2.75, 3.05) is 5.32 Å². The van der Waals surface area contributed by atoms with Gasteiger partial charge in [0.05, 0.1) is 4.90 Å². The van der Waals surface area contributed by atoms with E-state index in [4.69, 9.17) is 0 Å². The van der Waals surface area contributed by atoms with Gasteiger partial charge in [-0.2, -0.15) is 0 Å². The number of urea groups is 1. The first-order valence-corrected chi connectivity index (χ1v) is 10.2. The average Bonchev–Trinajstić information content (AvgIpc) is 2.73. The lowest BCUT2D eigenvalue weighted by Crippen LogP contribution is -2.28. The molecule has 3 N–H and O–H groups in total. The SMILES string of the molecule is O=C(NCc1cccnc1)Nc1ccc(S(=O)(=O)NCc2ccc(F)cc2)cc1. The maximum atomic E-state index is 12.9. The van der Waals surface area contributed by atoms with Crippen LogP contribution in [0.5, 0.6) is 0 Å². The molecule has 0 aliphatic carbocycles. The molecule has 3 rings (SSSR count). The summed E-state index contributed by atoms with van der Waals surface area (Å²) in [6.45, 7) is 0.360. The van der Waals surface area contributed by atoms with Gasteiger partial charge >= 0.3 is 6.03 Å². The van der Waals surface area contributed by atoms with Gasteiger partial charge in [0.2, 0.25) is 10.0 Å². The number of hydrogen-bond donors (Lipinski definition) is 3. The normalized spacial score (nSPS) is 11.1. The summed E-state index contributed by atoms with van der Waals surface area (Å²) in [4.78, 5) is 16.0. The van der Waals surface area contributed by atoms with E-state index in [1.807, 2.05) is 6.07 Å². The van der Waals surface area contributed by atoms with Crippen LogP contribution in [0.1, 0.15) is 11.1 Å². The van der Waals surface area contributed by atoms with E-state index in [2.05, 4.69) is 20.3 Å². The number of amides is 2. The van der Waals surface area contributed by atoms with Crippen LogP contribution < -0.4 is 15.4 Å². The summed E-state index contributed by atoms with van der Waals surface area (Å²) in [5, 5.41) is 5.32. The van der Waals surface area contributed by atoms with E-state index in [-0.39, 0.29) is 17.3 Å². The van der Waals surface area contributed by atoms with Crippen LogP contribution in [0.25, 0.3) is 0 Å². The summed E-state index contributed by atoms with van der Waals surface area (Å²) in [6, 6.07) is 14.5. The Bertz CT molecular complexity index is 1060. The third kappa shape index (κ3) is 6.09. The Morgan fingerprint density at radius 1 is 0.931 bits per heavy atom. The van der Waals surface area contributed by atoms with Crippen molar-refractivity contribution < 1.29 is 17.6 Å². The molecule has 0 fully saturated rings. The highest BCUT2D eigenvalue weighted by atomic mass is 32.2. The first-order valence-electron chi connectivity index (χ1n) is 8.70. The van der Waals surface area contributed by atoms with Gasteiger partial charge in [0.15, 0.2) is 0 Å². The number of anilines is 1. The number of halogens is 1. The van der Waals surface area contributed by atoms with Crippen LogP contribution in [0, 0.1) is 5.82 Å². The van der Waals surface area contributed by atoms with Crippen LogP contribution in [0.2, 0.25) is 0 Å². The second-order valence-corrected chi connectivity index (χ2v) is 7.91. The molecule has 0 saturated heterocycles. The minimum atomic E-state index is -3.74. The van der Waals surface area contributed by atoms with E-state index < -0.39 is 16.1 Å². The van der Waals surface area contributed by atoms with Crippen molar-refractivity contribution >= 4 is 21.7 Å². The Kier molecular flexibility index (Phi) is 6.53. The number of benzene rings is 2. The molecular formula is C20H19FN4O3S. The van der Waals surface area contributed by atoms with E-state index >= 15 is 0 Å². The van der Waals surface area contributed by atoms with Crippen molar-refractivity contribution in [3.63, 3.8) is 0 Å². The van der Waals surface area contributed by atoms with Crippen LogP contribution in [-0.4, -0.2) is 19.4 Å². The fraction of sp³-hybridized carbons (Fsp3) is 0.100. The van der Waals surface area contributed by atoms with E-state index in [0.717, 1.165) is 5.56 Å². The minimum absolute atomic E-state index is 0.0410. The lowest BCUT2D eigenvalue weighted by Gasteiger charge is -2.10. The van der Waals surface area contributed by atoms with Gasteiger partial charge in [-0.05, 0) is 53.6 Å². The van der Waals surface area contributed by atoms with E-state index in [0.29, 0.717) is 17.8 Å². The van der Waals surface area contributed by atoms with Crippen LogP contribution in [0.15, 0.2) is 78.0 Å². The van der Waals surface area contributed by atoms with Crippen molar-refractivity contribution in [2.45, 2.75) is 18.0 Å². The average molecular weight is 414 g/mol. The molecule has 0 unspecified atom stereocenters. The summed E-state index contributed by atoms with van der Waals surface area (Å²) in [5.74, 6) is -0.385. The number of rotatable bonds is 7. The lowest BCUT2D eigenvalue weighted by atomic mass is 10.2. The molecule has 0 atom stereocenters. The summed E-state index contributed by atoms with van der Waals surface area (Å²) >= 11 is 0. The number of carbonyl (C=O) groups is 1. The molecular weight excluding hydrogens is 395 g/mol. The molecule has 7 nitrogen and oxygen atoms in total.